The lowest BCUT2D eigenvalue weighted by Crippen LogP contribution is -2.50. The first kappa shape index (κ1) is 20.7. The molecule has 0 bridgehead atoms. The number of hydrazine groups is 1. The minimum absolute atomic E-state index is 0.0198. The van der Waals surface area contributed by atoms with Gasteiger partial charge in [0.25, 0.3) is 0 Å². The van der Waals surface area contributed by atoms with E-state index in [1.807, 2.05) is 13.8 Å². The van der Waals surface area contributed by atoms with Gasteiger partial charge in [0, 0.05) is 28.1 Å². The number of nitrogens with one attached hydrogen (secondary N) is 2. The lowest BCUT2D eigenvalue weighted by molar-refractivity contribution is -0.142. The summed E-state index contributed by atoms with van der Waals surface area (Å²) in [5.41, 5.74) is 7.72. The van der Waals surface area contributed by atoms with Gasteiger partial charge in [-0.25, -0.2) is 15.2 Å². The van der Waals surface area contributed by atoms with E-state index in [1.165, 1.54) is 35.5 Å². The number of thiazole rings is 1. The maximum absolute atomic E-state index is 12.5. The van der Waals surface area contributed by atoms with Crippen LogP contribution in [0.25, 0.3) is 16.8 Å². The van der Waals surface area contributed by atoms with Crippen molar-refractivity contribution in [1.29, 1.82) is 0 Å². The molecule has 1 aliphatic rings. The molecule has 28 heavy (non-hydrogen) atoms. The summed E-state index contributed by atoms with van der Waals surface area (Å²) in [6.07, 6.45) is -1.79. The Kier molecular flexibility index (Phi) is 5.47. The van der Waals surface area contributed by atoms with Crippen molar-refractivity contribution in [2.45, 2.75) is 43.6 Å². The van der Waals surface area contributed by atoms with E-state index in [-0.39, 0.29) is 5.25 Å². The van der Waals surface area contributed by atoms with E-state index < -0.39 is 23.6 Å². The highest BCUT2D eigenvalue weighted by molar-refractivity contribution is 8.02. The number of aromatic nitrogens is 3. The highest BCUT2D eigenvalue weighted by Gasteiger charge is 2.50. The van der Waals surface area contributed by atoms with Crippen LogP contribution in [0.3, 0.4) is 0 Å². The van der Waals surface area contributed by atoms with Gasteiger partial charge >= 0.3 is 12.1 Å². The Morgan fingerprint density at radius 1 is 1.46 bits per heavy atom. The predicted molar refractivity (Wildman–Crippen MR) is 101 cm³/mol. The molecule has 0 spiro atoms. The molecule has 0 fully saturated rings. The van der Waals surface area contributed by atoms with E-state index in [0.717, 1.165) is 4.68 Å². The fourth-order valence-electron chi connectivity index (χ4n) is 2.82. The first-order chi connectivity index (χ1) is 13.0. The molecular weight excluding hydrogens is 415 g/mol. The maximum atomic E-state index is 12.5. The zero-order valence-electron chi connectivity index (χ0n) is 15.2. The number of nitrogens with zero attached hydrogens (tertiary/aromatic N) is 3. The summed E-state index contributed by atoms with van der Waals surface area (Å²) < 4.78 is 38.4. The minimum atomic E-state index is -4.37. The molecule has 7 nitrogen and oxygen atoms in total. The van der Waals surface area contributed by atoms with Crippen LogP contribution in [0.15, 0.2) is 23.5 Å². The van der Waals surface area contributed by atoms with Crippen molar-refractivity contribution in [2.75, 3.05) is 0 Å². The topological polar surface area (TPSA) is 92.1 Å². The van der Waals surface area contributed by atoms with Crippen LogP contribution in [0, 0.1) is 0 Å². The van der Waals surface area contributed by atoms with Crippen molar-refractivity contribution in [2.24, 2.45) is 0 Å². The SMILES string of the molecule is CC1=C(c2nc(-c3cnn(CC(F)(F)F)c3)cs2)C(SC(C)C)(C(=O)O)NN1. The Hall–Kier alpha value is -2.05. The van der Waals surface area contributed by atoms with E-state index in [2.05, 4.69) is 20.9 Å². The predicted octanol–water partition coefficient (Wildman–Crippen LogP) is 3.33. The lowest BCUT2D eigenvalue weighted by atomic mass is 10.1. The molecule has 2 aromatic heterocycles. The van der Waals surface area contributed by atoms with Gasteiger partial charge in [-0.3, -0.25) is 4.68 Å². The van der Waals surface area contributed by atoms with Gasteiger partial charge in [-0.05, 0) is 6.92 Å². The molecule has 1 atom stereocenters. The Balaban J connectivity index is 1.94. The Bertz CT molecular complexity index is 922. The Morgan fingerprint density at radius 3 is 2.79 bits per heavy atom. The average molecular weight is 433 g/mol. The third kappa shape index (κ3) is 4.03. The summed E-state index contributed by atoms with van der Waals surface area (Å²) in [6.45, 7) is 4.35. The summed E-state index contributed by atoms with van der Waals surface area (Å²) in [6, 6.07) is 0. The zero-order chi connectivity index (χ0) is 20.7. The second kappa shape index (κ2) is 7.41. The van der Waals surface area contributed by atoms with E-state index in [4.69, 9.17) is 0 Å². The number of hydrogen-bond donors (Lipinski definition) is 3. The molecule has 3 rings (SSSR count). The molecule has 0 amide bonds. The summed E-state index contributed by atoms with van der Waals surface area (Å²) in [5.74, 6) is -1.06. The molecule has 1 unspecified atom stereocenters. The highest BCUT2D eigenvalue weighted by Crippen LogP contribution is 2.44. The van der Waals surface area contributed by atoms with Gasteiger partial charge < -0.3 is 10.5 Å². The summed E-state index contributed by atoms with van der Waals surface area (Å²) >= 11 is 2.46. The number of alkyl halides is 3. The highest BCUT2D eigenvalue weighted by atomic mass is 32.2. The van der Waals surface area contributed by atoms with Crippen LogP contribution in [0.5, 0.6) is 0 Å². The fourth-order valence-corrected chi connectivity index (χ4v) is 5.16. The second-order valence-electron chi connectivity index (χ2n) is 6.48. The smallest absolute Gasteiger partial charge is 0.408 e. The number of aliphatic carboxylic acids is 1. The lowest BCUT2D eigenvalue weighted by Gasteiger charge is -2.27. The second-order valence-corrected chi connectivity index (χ2v) is 9.13. The third-order valence-corrected chi connectivity index (χ3v) is 6.02. The molecule has 2 aromatic rings. The first-order valence-electron chi connectivity index (χ1n) is 8.23. The summed E-state index contributed by atoms with van der Waals surface area (Å²) in [7, 11) is 0. The van der Waals surface area contributed by atoms with Crippen LogP contribution in [0.1, 0.15) is 25.8 Å². The number of rotatable bonds is 6. The molecule has 0 saturated heterocycles. The van der Waals surface area contributed by atoms with Crippen molar-refractivity contribution in [1.82, 2.24) is 25.6 Å². The van der Waals surface area contributed by atoms with Gasteiger partial charge in [-0.2, -0.15) is 18.3 Å². The molecular formula is C16H18F3N5O2S2. The molecule has 0 aromatic carbocycles. The van der Waals surface area contributed by atoms with Crippen LogP contribution in [0.2, 0.25) is 0 Å². The van der Waals surface area contributed by atoms with Gasteiger partial charge in [0.15, 0.2) is 0 Å². The largest absolute Gasteiger partial charge is 0.479 e. The summed E-state index contributed by atoms with van der Waals surface area (Å²) in [4.78, 5) is 15.2. The van der Waals surface area contributed by atoms with Crippen molar-refractivity contribution in [3.8, 4) is 11.3 Å². The van der Waals surface area contributed by atoms with Gasteiger partial charge in [0.05, 0.1) is 17.5 Å². The number of carboxylic acids is 1. The molecule has 152 valence electrons. The molecule has 3 N–H and O–H groups in total. The molecule has 3 heterocycles. The Labute approximate surface area is 167 Å². The fraction of sp³-hybridized carbons (Fsp3) is 0.438. The van der Waals surface area contributed by atoms with Crippen molar-refractivity contribution in [3.05, 3.63) is 28.5 Å². The Morgan fingerprint density at radius 2 is 2.18 bits per heavy atom. The van der Waals surface area contributed by atoms with Crippen LogP contribution in [-0.2, 0) is 11.3 Å². The number of hydrogen-bond acceptors (Lipinski definition) is 7. The zero-order valence-corrected chi connectivity index (χ0v) is 16.8. The molecule has 1 aliphatic heterocycles. The maximum Gasteiger partial charge on any atom is 0.408 e. The average Bonchev–Trinajstić information content (AvgIpc) is 3.25. The number of allylic oxidation sites excluding steroid dienone is 1. The summed E-state index contributed by atoms with van der Waals surface area (Å²) in [5, 5.41) is 15.8. The van der Waals surface area contributed by atoms with Gasteiger partial charge in [0.2, 0.25) is 4.87 Å². The monoisotopic (exact) mass is 433 g/mol. The molecule has 0 aliphatic carbocycles. The normalized spacial score (nSPS) is 20.1. The van der Waals surface area contributed by atoms with Crippen LogP contribution in [0.4, 0.5) is 13.2 Å². The van der Waals surface area contributed by atoms with Gasteiger partial charge in [-0.15, -0.1) is 23.1 Å². The quantitative estimate of drug-likeness (QED) is 0.644. The molecule has 12 heteroatoms. The number of carbonyl (C=O) groups is 1. The van der Waals surface area contributed by atoms with E-state index in [1.54, 1.807) is 12.3 Å². The molecule has 0 radical (unpaired) electrons. The van der Waals surface area contributed by atoms with Gasteiger partial charge in [-0.1, -0.05) is 13.8 Å². The first-order valence-corrected chi connectivity index (χ1v) is 9.99. The number of thioether (sulfide) groups is 1. The van der Waals surface area contributed by atoms with E-state index in [0.29, 0.717) is 27.5 Å². The molecule has 0 saturated carbocycles. The van der Waals surface area contributed by atoms with E-state index >= 15 is 0 Å². The van der Waals surface area contributed by atoms with Crippen molar-refractivity contribution in [3.63, 3.8) is 0 Å². The van der Waals surface area contributed by atoms with Crippen LogP contribution >= 0.6 is 23.1 Å². The van der Waals surface area contributed by atoms with Gasteiger partial charge in [0.1, 0.15) is 11.6 Å². The number of halogens is 3. The number of carboxylic acid groups (broad SMARTS) is 1. The van der Waals surface area contributed by atoms with E-state index in [9.17, 15) is 23.1 Å². The minimum Gasteiger partial charge on any atom is -0.479 e. The van der Waals surface area contributed by atoms with Crippen LogP contribution in [-0.4, -0.2) is 42.1 Å². The van der Waals surface area contributed by atoms with Crippen molar-refractivity contribution >= 4 is 34.6 Å². The standard InChI is InChI=1S/C16H18F3N5O2S2/c1-8(2)28-16(14(25)26)12(9(3)22-23-16)13-21-11(6-27-13)10-4-20-24(5-10)7-15(17,18)19/h4-6,8,22-23H,7H2,1-3H3,(H,25,26). The van der Waals surface area contributed by atoms with Crippen molar-refractivity contribution < 1.29 is 23.1 Å². The van der Waals surface area contributed by atoms with Crippen LogP contribution < -0.4 is 10.9 Å². The third-order valence-electron chi connectivity index (χ3n) is 3.86.